The molecule has 456 valence electrons. The van der Waals surface area contributed by atoms with Gasteiger partial charge in [-0.1, -0.05) is 92.2 Å². The molecule has 0 radical (unpaired) electrons. The number of amides is 2. The Morgan fingerprint density at radius 1 is 0.548 bits per heavy atom. The first-order valence-electron chi connectivity index (χ1n) is 32.3. The average molecular weight is 1160 g/mol. The van der Waals surface area contributed by atoms with Gasteiger partial charge in [-0.05, 0) is 187 Å². The van der Waals surface area contributed by atoms with Gasteiger partial charge in [-0.2, -0.15) is 0 Å². The number of hydrogen-bond donors (Lipinski definition) is 5. The number of hydrogen-bond acceptors (Lipinski definition) is 10. The fraction of sp³-hybridized carbons (Fsp3) is 0.594. The van der Waals surface area contributed by atoms with Crippen LogP contribution >= 0.6 is 0 Å². The molecule has 5 N–H and O–H groups in total. The standard InChI is InChI=1S/C39H61N5O2Si.C30H41N5O2/c1-27(2)47(28(3)4,29(5)6)44-26-36(31-13-11-10-12-14-31)35-16-15-32(22-37(35)44)42-34-21-33(24-40-25-34)41-23-30-17-19-43(20-18-30)38(45)46-39(7,8)9;1-30(2,3)37-29(36)35-13-11-21(12-14-35)17-32-24-15-25(19-31-18-24)34-23-9-10-26-27(20-33-28(26)16-23)22-7-5-4-6-8-22/h15-16,21-22,24-31,41-42H,10-14,17-20,23H2,1-9H3;9-10,15-16,18-22,32-34H,4-8,11-14,17H2,1-3H3. The first-order chi connectivity index (χ1) is 40.1. The largest absolute Gasteiger partial charge is 0.444 e. The maximum absolute atomic E-state index is 12.5. The molecule has 2 aromatic carbocycles. The average Bonchev–Trinajstić information content (AvgIpc) is 1.88. The Labute approximate surface area is 503 Å². The van der Waals surface area contributed by atoms with Crippen LogP contribution in [0.4, 0.5) is 43.7 Å². The van der Waals surface area contributed by atoms with Gasteiger partial charge < -0.3 is 49.8 Å². The van der Waals surface area contributed by atoms with E-state index in [1.165, 1.54) is 91.6 Å². The van der Waals surface area contributed by atoms with E-state index in [0.29, 0.717) is 40.3 Å². The molecule has 84 heavy (non-hydrogen) atoms. The Morgan fingerprint density at radius 3 is 1.43 bits per heavy atom. The highest BCUT2D eigenvalue weighted by molar-refractivity contribution is 6.82. The number of rotatable bonds is 16. The van der Waals surface area contributed by atoms with Gasteiger partial charge in [-0.25, -0.2) is 9.59 Å². The number of aromatic amines is 1. The molecule has 4 aromatic heterocycles. The number of carbonyl (C=O) groups excluding carboxylic acids is 2. The highest BCUT2D eigenvalue weighted by Crippen LogP contribution is 2.48. The molecular formula is C69H102N10O4Si. The number of fused-ring (bicyclic) bond motifs is 2. The van der Waals surface area contributed by atoms with Gasteiger partial charge in [0.2, 0.25) is 0 Å². The number of nitrogens with zero attached hydrogens (tertiary/aromatic N) is 5. The number of aromatic nitrogens is 4. The fourth-order valence-electron chi connectivity index (χ4n) is 14.6. The number of ether oxygens (including phenoxy) is 2. The molecule has 2 aliphatic heterocycles. The van der Waals surface area contributed by atoms with E-state index in [-0.39, 0.29) is 12.2 Å². The van der Waals surface area contributed by atoms with E-state index in [4.69, 9.17) is 9.47 Å². The first-order valence-corrected chi connectivity index (χ1v) is 34.5. The molecule has 14 nitrogen and oxygen atoms in total. The summed E-state index contributed by atoms with van der Waals surface area (Å²) in [7, 11) is -1.95. The summed E-state index contributed by atoms with van der Waals surface area (Å²) < 4.78 is 13.9. The Hall–Kier alpha value is -6.22. The monoisotopic (exact) mass is 1160 g/mol. The van der Waals surface area contributed by atoms with Crippen molar-refractivity contribution >= 4 is 76.4 Å². The number of carbonyl (C=O) groups is 2. The number of pyridine rings is 2. The molecule has 2 saturated heterocycles. The van der Waals surface area contributed by atoms with Gasteiger partial charge in [0, 0.05) is 78.6 Å². The van der Waals surface area contributed by atoms with Crippen molar-refractivity contribution in [2.24, 2.45) is 11.8 Å². The molecule has 6 aromatic rings. The van der Waals surface area contributed by atoms with E-state index in [1.54, 1.807) is 5.56 Å². The molecule has 4 aliphatic rings. The number of H-pyrrole nitrogens is 1. The number of likely N-dealkylation sites (tertiary alicyclic amines) is 2. The molecular weight excluding hydrogens is 1060 g/mol. The fourth-order valence-corrected chi connectivity index (χ4v) is 21.2. The molecule has 0 spiro atoms. The predicted molar refractivity (Wildman–Crippen MR) is 351 cm³/mol. The molecule has 4 fully saturated rings. The molecule has 0 atom stereocenters. The molecule has 2 saturated carbocycles. The van der Waals surface area contributed by atoms with Gasteiger partial charge in [0.1, 0.15) is 11.2 Å². The predicted octanol–water partition coefficient (Wildman–Crippen LogP) is 18.3. The van der Waals surface area contributed by atoms with Gasteiger partial charge in [0.25, 0.3) is 0 Å². The minimum Gasteiger partial charge on any atom is -0.444 e. The molecule has 2 amide bonds. The highest BCUT2D eigenvalue weighted by Gasteiger charge is 2.46. The summed E-state index contributed by atoms with van der Waals surface area (Å²) in [5.74, 6) is 2.38. The zero-order valence-corrected chi connectivity index (χ0v) is 54.1. The maximum Gasteiger partial charge on any atom is 0.410 e. The Bertz CT molecular complexity index is 3080. The van der Waals surface area contributed by atoms with Crippen molar-refractivity contribution in [3.05, 3.63) is 96.8 Å². The van der Waals surface area contributed by atoms with Crippen LogP contribution < -0.4 is 21.3 Å². The van der Waals surface area contributed by atoms with Gasteiger partial charge >= 0.3 is 12.2 Å². The van der Waals surface area contributed by atoms with Crippen molar-refractivity contribution < 1.29 is 19.1 Å². The Balaban J connectivity index is 0.000000207. The van der Waals surface area contributed by atoms with Gasteiger partial charge in [-0.15, -0.1) is 0 Å². The summed E-state index contributed by atoms with van der Waals surface area (Å²) in [5, 5.41) is 17.2. The second-order valence-electron chi connectivity index (χ2n) is 28.0. The molecule has 0 bridgehead atoms. The summed E-state index contributed by atoms with van der Waals surface area (Å²) in [5.41, 5.74) is 12.7. The lowest BCUT2D eigenvalue weighted by Crippen LogP contribution is -2.51. The number of nitrogens with one attached hydrogen (secondary N) is 5. The maximum atomic E-state index is 12.5. The lowest BCUT2D eigenvalue weighted by molar-refractivity contribution is 0.0177. The SMILES string of the molecule is CC(C)(C)OC(=O)N1CCC(CNc2cncc(Nc3ccc4c(C5CCCCC5)c[nH]c4c3)c2)CC1.CC(C)[Si](C(C)C)(C(C)C)n1cc(C2CCCCC2)c2ccc(Nc3cncc(NCC4CCN(C(=O)OC(C)(C)C)CC4)c3)cc21. The Morgan fingerprint density at radius 2 is 0.976 bits per heavy atom. The van der Waals surface area contributed by atoms with Crippen LogP contribution in [0.5, 0.6) is 0 Å². The van der Waals surface area contributed by atoms with Crippen LogP contribution in [-0.4, -0.2) is 99.9 Å². The third-order valence-electron chi connectivity index (χ3n) is 18.6. The van der Waals surface area contributed by atoms with E-state index in [0.717, 1.165) is 99.1 Å². The molecule has 10 rings (SSSR count). The van der Waals surface area contributed by atoms with E-state index >= 15 is 0 Å². The lowest BCUT2D eigenvalue weighted by Gasteiger charge is -2.44. The van der Waals surface area contributed by atoms with Crippen LogP contribution in [0, 0.1) is 11.8 Å². The van der Waals surface area contributed by atoms with Gasteiger partial charge in [0.05, 0.1) is 47.5 Å². The molecule has 6 heterocycles. The molecule has 2 aliphatic carbocycles. The number of piperidine rings is 2. The molecule has 15 heteroatoms. The summed E-state index contributed by atoms with van der Waals surface area (Å²) in [6.45, 7) is 31.0. The van der Waals surface area contributed by atoms with Crippen LogP contribution in [0.1, 0.15) is 196 Å². The van der Waals surface area contributed by atoms with Crippen molar-refractivity contribution in [1.82, 2.24) is 29.0 Å². The zero-order chi connectivity index (χ0) is 59.8. The van der Waals surface area contributed by atoms with Crippen LogP contribution in [0.2, 0.25) is 16.6 Å². The van der Waals surface area contributed by atoms with Crippen molar-refractivity contribution in [2.45, 2.75) is 213 Å². The van der Waals surface area contributed by atoms with E-state index < -0.39 is 19.4 Å². The summed E-state index contributed by atoms with van der Waals surface area (Å²) in [4.78, 5) is 41.0. The number of benzene rings is 2. The van der Waals surface area contributed by atoms with E-state index in [1.807, 2.05) is 76.1 Å². The van der Waals surface area contributed by atoms with Gasteiger partial charge in [-0.3, -0.25) is 9.97 Å². The second kappa shape index (κ2) is 27.4. The lowest BCUT2D eigenvalue weighted by atomic mass is 9.84. The van der Waals surface area contributed by atoms with Crippen molar-refractivity contribution in [1.29, 1.82) is 0 Å². The van der Waals surface area contributed by atoms with Crippen LogP contribution in [-0.2, 0) is 9.47 Å². The third-order valence-corrected chi connectivity index (χ3v) is 25.4. The zero-order valence-electron chi connectivity index (χ0n) is 53.1. The minimum absolute atomic E-state index is 0.201. The first kappa shape index (κ1) is 62.3. The normalized spacial score (nSPS) is 17.4. The van der Waals surface area contributed by atoms with Crippen molar-refractivity contribution in [3.8, 4) is 0 Å². The Kier molecular flexibility index (Phi) is 20.3. The van der Waals surface area contributed by atoms with Crippen LogP contribution in [0.15, 0.2) is 85.7 Å². The summed E-state index contributed by atoms with van der Waals surface area (Å²) >= 11 is 0. The summed E-state index contributed by atoms with van der Waals surface area (Å²) in [6, 6.07) is 17.9. The summed E-state index contributed by atoms with van der Waals surface area (Å²) in [6.07, 6.45) is 29.2. The van der Waals surface area contributed by atoms with E-state index in [2.05, 4.69) is 143 Å². The second-order valence-corrected chi connectivity index (χ2v) is 33.7. The highest BCUT2D eigenvalue weighted by atomic mass is 28.3. The van der Waals surface area contributed by atoms with Crippen molar-refractivity contribution in [2.75, 3.05) is 60.5 Å². The molecule has 0 unspecified atom stereocenters. The van der Waals surface area contributed by atoms with Crippen LogP contribution in [0.3, 0.4) is 0 Å². The minimum atomic E-state index is -1.95. The van der Waals surface area contributed by atoms with Gasteiger partial charge in [0.15, 0.2) is 8.24 Å². The smallest absolute Gasteiger partial charge is 0.410 e. The van der Waals surface area contributed by atoms with E-state index in [9.17, 15) is 9.59 Å². The van der Waals surface area contributed by atoms with Crippen LogP contribution in [0.25, 0.3) is 21.8 Å². The third kappa shape index (κ3) is 15.6. The quantitative estimate of drug-likeness (QED) is 0.0592. The van der Waals surface area contributed by atoms with Crippen molar-refractivity contribution in [3.63, 3.8) is 0 Å². The topological polar surface area (TPSA) is 154 Å². The number of anilines is 6.